The van der Waals surface area contributed by atoms with Crippen LogP contribution in [0.4, 0.5) is 5.82 Å². The van der Waals surface area contributed by atoms with Crippen molar-refractivity contribution in [1.29, 1.82) is 0 Å². The van der Waals surface area contributed by atoms with Gasteiger partial charge in [-0.3, -0.25) is 19.3 Å². The Labute approximate surface area is 224 Å². The summed E-state index contributed by atoms with van der Waals surface area (Å²) in [6.07, 6.45) is 5.57. The number of esters is 1. The molecule has 2 aromatic rings. The highest BCUT2D eigenvalue weighted by atomic mass is 16.6. The molecule has 1 spiro atoms. The highest BCUT2D eigenvalue weighted by Gasteiger charge is 2.54. The molecule has 4 fully saturated rings. The zero-order valence-electron chi connectivity index (χ0n) is 22.6. The molecule has 4 aliphatic heterocycles. The second kappa shape index (κ2) is 9.63. The third-order valence-corrected chi connectivity index (χ3v) is 9.02. The van der Waals surface area contributed by atoms with E-state index in [9.17, 15) is 14.4 Å². The lowest BCUT2D eigenvalue weighted by Crippen LogP contribution is -2.53. The van der Waals surface area contributed by atoms with E-state index in [0.29, 0.717) is 50.6 Å². The van der Waals surface area contributed by atoms with Gasteiger partial charge in [0.1, 0.15) is 17.2 Å². The summed E-state index contributed by atoms with van der Waals surface area (Å²) in [5.41, 5.74) is 0.741. The van der Waals surface area contributed by atoms with E-state index in [2.05, 4.69) is 9.80 Å². The minimum absolute atomic E-state index is 0.0294. The van der Waals surface area contributed by atoms with Crippen LogP contribution in [-0.2, 0) is 14.3 Å². The molecule has 0 radical (unpaired) electrons. The Kier molecular flexibility index (Phi) is 6.41. The Balaban J connectivity index is 1.16. The monoisotopic (exact) mass is 518 g/mol. The lowest BCUT2D eigenvalue weighted by atomic mass is 9.74. The van der Waals surface area contributed by atoms with E-state index in [1.165, 1.54) is 0 Å². The summed E-state index contributed by atoms with van der Waals surface area (Å²) in [7, 11) is 0. The predicted octanol–water partition coefficient (Wildman–Crippen LogP) is 3.82. The summed E-state index contributed by atoms with van der Waals surface area (Å²) in [6, 6.07) is 10.1. The van der Waals surface area contributed by atoms with Gasteiger partial charge in [-0.05, 0) is 58.2 Å². The number of piperidine rings is 3. The molecule has 0 N–H and O–H groups in total. The number of carbonyl (C=O) groups excluding carboxylic acids is 3. The number of anilines is 1. The number of rotatable bonds is 3. The second-order valence-corrected chi connectivity index (χ2v) is 12.3. The molecule has 0 aliphatic carbocycles. The first-order valence-electron chi connectivity index (χ1n) is 14.2. The van der Waals surface area contributed by atoms with E-state index in [0.717, 1.165) is 61.9 Å². The maximum Gasteiger partial charge on any atom is 0.314 e. The molecule has 1 aromatic carbocycles. The normalized spacial score (nSPS) is 26.8. The minimum Gasteiger partial charge on any atom is -0.459 e. The molecule has 4 aliphatic rings. The van der Waals surface area contributed by atoms with Gasteiger partial charge in [0.25, 0.3) is 5.91 Å². The summed E-state index contributed by atoms with van der Waals surface area (Å²) < 4.78 is 5.73. The number of amides is 1. The number of pyridine rings is 1. The fraction of sp³-hybridized carbons (Fsp3) is 0.600. The predicted molar refractivity (Wildman–Crippen MR) is 145 cm³/mol. The number of aromatic nitrogens is 1. The summed E-state index contributed by atoms with van der Waals surface area (Å²) in [5.74, 6) is 1.08. The Morgan fingerprint density at radius 1 is 1.03 bits per heavy atom. The number of hydrogen-bond donors (Lipinski definition) is 0. The summed E-state index contributed by atoms with van der Waals surface area (Å²) in [5, 5.41) is 0.872. The van der Waals surface area contributed by atoms with Gasteiger partial charge in [-0.25, -0.2) is 4.98 Å². The van der Waals surface area contributed by atoms with Crippen molar-refractivity contribution in [2.24, 2.45) is 5.41 Å². The Morgan fingerprint density at radius 2 is 1.76 bits per heavy atom. The molecule has 38 heavy (non-hydrogen) atoms. The molecule has 8 heteroatoms. The number of para-hydroxylation sites is 1. The van der Waals surface area contributed by atoms with Crippen molar-refractivity contribution in [3.8, 4) is 0 Å². The van der Waals surface area contributed by atoms with Gasteiger partial charge in [0.15, 0.2) is 0 Å². The van der Waals surface area contributed by atoms with Gasteiger partial charge in [0.2, 0.25) is 0 Å². The average molecular weight is 519 g/mol. The van der Waals surface area contributed by atoms with Crippen molar-refractivity contribution in [3.63, 3.8) is 0 Å². The van der Waals surface area contributed by atoms with Gasteiger partial charge >= 0.3 is 5.97 Å². The number of Topliss-reactive ketones (excluding diaryl/α,β-unsaturated/α-hetero) is 1. The highest BCUT2D eigenvalue weighted by molar-refractivity contribution is 6.07. The average Bonchev–Trinajstić information content (AvgIpc) is 3.14. The first kappa shape index (κ1) is 25.3. The fourth-order valence-electron chi connectivity index (χ4n) is 7.16. The van der Waals surface area contributed by atoms with E-state index in [4.69, 9.17) is 9.72 Å². The Bertz CT molecular complexity index is 1260. The molecule has 0 bridgehead atoms. The molecule has 202 valence electrons. The number of fused-ring (bicyclic) bond motifs is 1. The number of nitrogens with zero attached hydrogens (tertiary/aromatic N) is 4. The number of ketones is 1. The van der Waals surface area contributed by atoms with Crippen LogP contribution >= 0.6 is 0 Å². The van der Waals surface area contributed by atoms with Crippen LogP contribution in [0.5, 0.6) is 0 Å². The number of likely N-dealkylation sites (tertiary alicyclic amines) is 2. The van der Waals surface area contributed by atoms with Crippen LogP contribution < -0.4 is 4.90 Å². The smallest absolute Gasteiger partial charge is 0.314 e. The third kappa shape index (κ3) is 4.68. The van der Waals surface area contributed by atoms with Crippen LogP contribution in [0.1, 0.15) is 69.2 Å². The Hall–Kier alpha value is -3.00. The maximum absolute atomic E-state index is 13.9. The zero-order valence-corrected chi connectivity index (χ0v) is 22.6. The van der Waals surface area contributed by atoms with Crippen LogP contribution in [0.25, 0.3) is 10.9 Å². The van der Waals surface area contributed by atoms with Crippen LogP contribution in [0.2, 0.25) is 0 Å². The molecular weight excluding hydrogens is 480 g/mol. The van der Waals surface area contributed by atoms with E-state index in [1.54, 1.807) is 0 Å². The third-order valence-electron chi connectivity index (χ3n) is 9.02. The van der Waals surface area contributed by atoms with E-state index < -0.39 is 0 Å². The number of ether oxygens (including phenoxy) is 1. The first-order chi connectivity index (χ1) is 18.2. The Morgan fingerprint density at radius 3 is 2.47 bits per heavy atom. The van der Waals surface area contributed by atoms with Gasteiger partial charge in [0, 0.05) is 63.4 Å². The van der Waals surface area contributed by atoms with E-state index >= 15 is 0 Å². The van der Waals surface area contributed by atoms with Crippen molar-refractivity contribution in [2.75, 3.05) is 44.2 Å². The molecule has 1 atom stereocenters. The zero-order chi connectivity index (χ0) is 26.5. The van der Waals surface area contributed by atoms with Crippen molar-refractivity contribution in [2.45, 2.75) is 70.4 Å². The maximum atomic E-state index is 13.9. The molecule has 0 saturated carbocycles. The summed E-state index contributed by atoms with van der Waals surface area (Å²) in [6.45, 7) is 8.50. The first-order valence-corrected chi connectivity index (χ1v) is 14.2. The number of carbonyl (C=O) groups is 3. The topological polar surface area (TPSA) is 83.0 Å². The molecule has 8 nitrogen and oxygen atoms in total. The van der Waals surface area contributed by atoms with Crippen molar-refractivity contribution < 1.29 is 19.1 Å². The second-order valence-electron chi connectivity index (χ2n) is 12.3. The lowest BCUT2D eigenvalue weighted by molar-refractivity contribution is -0.154. The number of cyclic esters (lactones) is 1. The number of benzene rings is 1. The fourth-order valence-corrected chi connectivity index (χ4v) is 7.16. The van der Waals surface area contributed by atoms with Crippen molar-refractivity contribution in [1.82, 2.24) is 14.8 Å². The van der Waals surface area contributed by atoms with Gasteiger partial charge in [-0.15, -0.1) is 0 Å². The number of hydrogen-bond acceptors (Lipinski definition) is 7. The summed E-state index contributed by atoms with van der Waals surface area (Å²) >= 11 is 0. The van der Waals surface area contributed by atoms with Gasteiger partial charge in [0.05, 0.1) is 16.5 Å². The van der Waals surface area contributed by atoms with Crippen LogP contribution in [0.3, 0.4) is 0 Å². The molecular formula is C30H38N4O4. The molecule has 1 unspecified atom stereocenters. The standard InChI is InChI=1S/C30H38N4O4/c1-29(2)19-30(28(37)38-29)12-5-13-34(20-30)21-8-14-33(15-9-21)27(36)24-18-26(32-16-10-22(35)11-17-32)31-25-7-4-3-6-23(24)25/h3-4,6-7,18,21H,5,8-17,19-20H2,1-2H3. The lowest BCUT2D eigenvalue weighted by Gasteiger charge is -2.45. The molecule has 1 aromatic heterocycles. The molecule has 4 saturated heterocycles. The van der Waals surface area contributed by atoms with Crippen LogP contribution in [0, 0.1) is 5.41 Å². The SMILES string of the molecule is CC1(C)CC2(CCCN(C3CCN(C(=O)c4cc(N5CCC(=O)CC5)nc5ccccc45)CC3)C2)C(=O)O1. The van der Waals surface area contributed by atoms with E-state index in [1.807, 2.05) is 49.1 Å². The quantitative estimate of drug-likeness (QED) is 0.572. The van der Waals surface area contributed by atoms with Gasteiger partial charge in [-0.1, -0.05) is 18.2 Å². The molecule has 6 rings (SSSR count). The van der Waals surface area contributed by atoms with Crippen LogP contribution in [0.15, 0.2) is 30.3 Å². The van der Waals surface area contributed by atoms with Gasteiger partial charge < -0.3 is 14.5 Å². The molecule has 1 amide bonds. The molecule has 5 heterocycles. The largest absolute Gasteiger partial charge is 0.459 e. The van der Waals surface area contributed by atoms with Crippen LogP contribution in [-0.4, -0.2) is 83.4 Å². The van der Waals surface area contributed by atoms with E-state index in [-0.39, 0.29) is 28.7 Å². The van der Waals surface area contributed by atoms with Crippen molar-refractivity contribution >= 4 is 34.4 Å². The highest BCUT2D eigenvalue weighted by Crippen LogP contribution is 2.46. The van der Waals surface area contributed by atoms with Crippen molar-refractivity contribution in [3.05, 3.63) is 35.9 Å². The minimum atomic E-state index is -0.383. The summed E-state index contributed by atoms with van der Waals surface area (Å²) in [4.78, 5) is 49.9. The van der Waals surface area contributed by atoms with Gasteiger partial charge in [-0.2, -0.15) is 0 Å².